The maximum Gasteiger partial charge on any atom is 0.532 e. The largest absolute Gasteiger partial charge is 0.532 e. The third kappa shape index (κ3) is 4.40. The summed E-state index contributed by atoms with van der Waals surface area (Å²) in [5.74, 6) is -0.0575. The van der Waals surface area contributed by atoms with E-state index < -0.39 is 25.3 Å². The number of benzene rings is 1. The molecule has 2 atom stereocenters. The van der Waals surface area contributed by atoms with Crippen LogP contribution in [-0.2, 0) is 9.09 Å². The van der Waals surface area contributed by atoms with Gasteiger partial charge < -0.3 is 14.7 Å². The molecule has 1 aromatic carbocycles. The molecule has 0 aliphatic heterocycles. The van der Waals surface area contributed by atoms with Crippen LogP contribution in [0.4, 0.5) is 0 Å². The van der Waals surface area contributed by atoms with Crippen molar-refractivity contribution in [3.63, 3.8) is 0 Å². The lowest BCUT2D eigenvalue weighted by Gasteiger charge is -2.16. The van der Waals surface area contributed by atoms with Crippen LogP contribution >= 0.6 is 7.82 Å². The molecule has 100 valence electrons. The standard InChI is InChI=1S/C8H10NO8P/c10-8(11)7(9(12)13)17-18(14,15)16-6-4-2-1-3-5-6/h1-5,7-8,10-11H,(H,14,15). The monoisotopic (exact) mass is 279 g/mol. The molecule has 0 saturated heterocycles. The summed E-state index contributed by atoms with van der Waals surface area (Å²) >= 11 is 0. The third-order valence-electron chi connectivity index (χ3n) is 1.67. The van der Waals surface area contributed by atoms with Crippen LogP contribution in [-0.4, -0.2) is 32.5 Å². The number of nitro groups is 1. The van der Waals surface area contributed by atoms with E-state index in [1.165, 1.54) is 24.3 Å². The third-order valence-corrected chi connectivity index (χ3v) is 2.59. The van der Waals surface area contributed by atoms with Gasteiger partial charge in [0.25, 0.3) is 0 Å². The summed E-state index contributed by atoms with van der Waals surface area (Å²) in [6.45, 7) is 0. The Bertz CT molecular complexity index is 450. The van der Waals surface area contributed by atoms with Crippen molar-refractivity contribution in [1.82, 2.24) is 0 Å². The quantitative estimate of drug-likeness (QED) is 0.288. The molecule has 2 unspecified atom stereocenters. The zero-order chi connectivity index (χ0) is 13.8. The van der Waals surface area contributed by atoms with Crippen LogP contribution in [0.1, 0.15) is 0 Å². The summed E-state index contributed by atoms with van der Waals surface area (Å²) in [6, 6.07) is 7.27. The second-order valence-electron chi connectivity index (χ2n) is 3.07. The minimum absolute atomic E-state index is 0.0575. The van der Waals surface area contributed by atoms with Gasteiger partial charge >= 0.3 is 14.1 Å². The molecule has 0 radical (unpaired) electrons. The zero-order valence-electron chi connectivity index (χ0n) is 8.82. The zero-order valence-corrected chi connectivity index (χ0v) is 9.71. The van der Waals surface area contributed by atoms with E-state index in [1.807, 2.05) is 0 Å². The fourth-order valence-corrected chi connectivity index (χ4v) is 1.86. The molecule has 0 saturated carbocycles. The summed E-state index contributed by atoms with van der Waals surface area (Å²) in [5, 5.41) is 27.6. The molecule has 10 heteroatoms. The fourth-order valence-electron chi connectivity index (χ4n) is 0.974. The molecule has 0 fully saturated rings. The Morgan fingerprint density at radius 2 is 1.83 bits per heavy atom. The first-order valence-electron chi connectivity index (χ1n) is 4.57. The van der Waals surface area contributed by atoms with Gasteiger partial charge in [-0.05, 0) is 12.1 Å². The van der Waals surface area contributed by atoms with E-state index in [2.05, 4.69) is 9.05 Å². The summed E-state index contributed by atoms with van der Waals surface area (Å²) in [6.07, 6.45) is -5.04. The Labute approximate surface area is 101 Å². The lowest BCUT2D eigenvalue weighted by molar-refractivity contribution is -0.588. The molecule has 18 heavy (non-hydrogen) atoms. The van der Waals surface area contributed by atoms with Gasteiger partial charge in [-0.15, -0.1) is 0 Å². The molecule has 9 nitrogen and oxygen atoms in total. The molecular weight excluding hydrogens is 269 g/mol. The van der Waals surface area contributed by atoms with Crippen LogP contribution in [0.15, 0.2) is 30.3 Å². The first kappa shape index (κ1) is 14.6. The van der Waals surface area contributed by atoms with Gasteiger partial charge in [-0.1, -0.05) is 18.2 Å². The Balaban J connectivity index is 2.75. The highest BCUT2D eigenvalue weighted by atomic mass is 31.2. The molecular formula is C8H10NO8P. The number of aliphatic hydroxyl groups excluding tert-OH is 1. The smallest absolute Gasteiger partial charge is 0.404 e. The summed E-state index contributed by atoms with van der Waals surface area (Å²) in [5.41, 5.74) is 0. The molecule has 0 aliphatic carbocycles. The average Bonchev–Trinajstić information content (AvgIpc) is 2.26. The van der Waals surface area contributed by atoms with Gasteiger partial charge in [0.1, 0.15) is 5.75 Å². The van der Waals surface area contributed by atoms with E-state index in [0.717, 1.165) is 0 Å². The van der Waals surface area contributed by atoms with Gasteiger partial charge in [-0.25, -0.2) is 9.09 Å². The van der Waals surface area contributed by atoms with Gasteiger partial charge in [-0.3, -0.25) is 15.0 Å². The number of para-hydroxylation sites is 1. The highest BCUT2D eigenvalue weighted by Crippen LogP contribution is 2.45. The van der Waals surface area contributed by atoms with E-state index in [0.29, 0.717) is 0 Å². The molecule has 0 heterocycles. The van der Waals surface area contributed by atoms with Crippen LogP contribution in [0.2, 0.25) is 0 Å². The van der Waals surface area contributed by atoms with Crippen LogP contribution in [0, 0.1) is 10.1 Å². The van der Waals surface area contributed by atoms with Crippen molar-refractivity contribution in [3.05, 3.63) is 40.4 Å². The lowest BCUT2D eigenvalue weighted by atomic mass is 10.3. The highest BCUT2D eigenvalue weighted by Gasteiger charge is 2.39. The minimum Gasteiger partial charge on any atom is -0.404 e. The Morgan fingerprint density at radius 3 is 2.28 bits per heavy atom. The maximum atomic E-state index is 11.4. The SMILES string of the molecule is O=[N+]([O-])C(OP(=O)(O)Oc1ccccc1)C(O)O. The van der Waals surface area contributed by atoms with Crippen LogP contribution in [0.3, 0.4) is 0 Å². The number of hydrogen-bond donors (Lipinski definition) is 3. The van der Waals surface area contributed by atoms with Crippen molar-refractivity contribution in [2.24, 2.45) is 0 Å². The number of phosphoric ester groups is 1. The van der Waals surface area contributed by atoms with E-state index in [9.17, 15) is 19.6 Å². The fraction of sp³-hybridized carbons (Fsp3) is 0.250. The summed E-state index contributed by atoms with van der Waals surface area (Å²) in [7, 11) is -4.84. The van der Waals surface area contributed by atoms with Gasteiger partial charge in [0, 0.05) is 0 Å². The Kier molecular flexibility index (Phi) is 4.76. The number of nitrogens with zero attached hydrogens (tertiary/aromatic N) is 1. The second-order valence-corrected chi connectivity index (χ2v) is 4.40. The molecule has 3 N–H and O–H groups in total. The lowest BCUT2D eigenvalue weighted by Crippen LogP contribution is -2.35. The number of rotatable bonds is 6. The summed E-state index contributed by atoms with van der Waals surface area (Å²) < 4.78 is 19.9. The first-order valence-corrected chi connectivity index (χ1v) is 6.07. The van der Waals surface area contributed by atoms with Crippen molar-refractivity contribution in [1.29, 1.82) is 0 Å². The first-order chi connectivity index (χ1) is 8.32. The van der Waals surface area contributed by atoms with E-state index in [4.69, 9.17) is 10.2 Å². The summed E-state index contributed by atoms with van der Waals surface area (Å²) in [4.78, 5) is 18.3. The number of aliphatic hydroxyl groups is 2. The molecule has 0 bridgehead atoms. The molecule has 1 aromatic rings. The van der Waals surface area contributed by atoms with Crippen molar-refractivity contribution in [2.75, 3.05) is 0 Å². The molecule has 1 rings (SSSR count). The van der Waals surface area contributed by atoms with Gasteiger partial charge in [0.05, 0.1) is 4.92 Å². The number of phosphoric acid groups is 1. The second kappa shape index (κ2) is 5.89. The highest BCUT2D eigenvalue weighted by molar-refractivity contribution is 7.47. The van der Waals surface area contributed by atoms with Crippen LogP contribution < -0.4 is 4.52 Å². The molecule has 0 aliphatic rings. The van der Waals surface area contributed by atoms with Gasteiger partial charge in [-0.2, -0.15) is 0 Å². The minimum atomic E-state index is -4.84. The average molecular weight is 279 g/mol. The van der Waals surface area contributed by atoms with E-state index in [-0.39, 0.29) is 5.75 Å². The molecule has 0 amide bonds. The van der Waals surface area contributed by atoms with Crippen molar-refractivity contribution in [3.8, 4) is 5.75 Å². The van der Waals surface area contributed by atoms with Crippen molar-refractivity contribution in [2.45, 2.75) is 12.5 Å². The van der Waals surface area contributed by atoms with E-state index >= 15 is 0 Å². The van der Waals surface area contributed by atoms with Crippen LogP contribution in [0.5, 0.6) is 5.75 Å². The maximum absolute atomic E-state index is 11.4. The predicted octanol–water partition coefficient (Wildman–Crippen LogP) is 0.0959. The Morgan fingerprint density at radius 1 is 1.28 bits per heavy atom. The molecule has 0 spiro atoms. The van der Waals surface area contributed by atoms with Crippen molar-refractivity contribution < 1.29 is 33.6 Å². The molecule has 0 aromatic heterocycles. The van der Waals surface area contributed by atoms with Crippen molar-refractivity contribution >= 4 is 7.82 Å². The Hall–Kier alpha value is -1.51. The predicted molar refractivity (Wildman–Crippen MR) is 57.0 cm³/mol. The van der Waals surface area contributed by atoms with E-state index in [1.54, 1.807) is 6.07 Å². The van der Waals surface area contributed by atoms with Gasteiger partial charge in [0.2, 0.25) is 6.29 Å². The topological polar surface area (TPSA) is 139 Å². The number of hydrogen-bond acceptors (Lipinski definition) is 7. The normalized spacial score (nSPS) is 16.0. The van der Waals surface area contributed by atoms with Gasteiger partial charge in [0.15, 0.2) is 0 Å². The van der Waals surface area contributed by atoms with Crippen LogP contribution in [0.25, 0.3) is 0 Å².